The van der Waals surface area contributed by atoms with E-state index in [1.807, 2.05) is 13.8 Å². The predicted molar refractivity (Wildman–Crippen MR) is 209 cm³/mol. The van der Waals surface area contributed by atoms with Crippen molar-refractivity contribution in [1.82, 2.24) is 0 Å². The van der Waals surface area contributed by atoms with Gasteiger partial charge >= 0.3 is 23.9 Å². The monoisotopic (exact) mass is 764 g/mol. The van der Waals surface area contributed by atoms with Crippen molar-refractivity contribution in [3.63, 3.8) is 0 Å². The number of amides is 1. The smallest absolute Gasteiger partial charge is 0.339 e. The molecule has 13 heteroatoms. The molecule has 0 saturated heterocycles. The molecule has 0 bridgehead atoms. The van der Waals surface area contributed by atoms with Crippen LogP contribution in [-0.4, -0.2) is 56.2 Å². The van der Waals surface area contributed by atoms with Crippen LogP contribution >= 0.6 is 0 Å². The standard InChI is InChI=1S/C43H44N2O11/c1-26(2)23-29-24-34(15-17-36(29)42(49)53-21-19-51-40(47)27(3)4)56-35-16-18-37(43(50)54-22-20-52-41(48)28(5)6)38(25-35)39(46)45-31-9-13-33(14-10-31)55-32-11-7-30(44)8-12-32/h7-18,24-26H,3,5,19-23,44H2,1-2,4,6H3,(H,45,46). The normalized spacial score (nSPS) is 10.5. The van der Waals surface area contributed by atoms with Gasteiger partial charge in [0.15, 0.2) is 0 Å². The number of hydrogen-bond acceptors (Lipinski definition) is 12. The van der Waals surface area contributed by atoms with Crippen molar-refractivity contribution in [1.29, 1.82) is 0 Å². The van der Waals surface area contributed by atoms with Gasteiger partial charge in [-0.15, -0.1) is 0 Å². The van der Waals surface area contributed by atoms with E-state index in [1.54, 1.807) is 66.7 Å². The summed E-state index contributed by atoms with van der Waals surface area (Å²) in [4.78, 5) is 63.3. The Bertz CT molecular complexity index is 2090. The van der Waals surface area contributed by atoms with E-state index < -0.39 is 29.8 Å². The van der Waals surface area contributed by atoms with Crippen molar-refractivity contribution in [2.75, 3.05) is 37.5 Å². The van der Waals surface area contributed by atoms with Crippen LogP contribution in [-0.2, 0) is 35.0 Å². The Hall–Kier alpha value is -6.89. The fourth-order valence-electron chi connectivity index (χ4n) is 4.95. The summed E-state index contributed by atoms with van der Waals surface area (Å²) < 4.78 is 32.6. The van der Waals surface area contributed by atoms with Crippen LogP contribution in [0, 0.1) is 5.92 Å². The molecule has 0 unspecified atom stereocenters. The highest BCUT2D eigenvalue weighted by Crippen LogP contribution is 2.29. The van der Waals surface area contributed by atoms with Crippen molar-refractivity contribution in [3.8, 4) is 23.0 Å². The van der Waals surface area contributed by atoms with Gasteiger partial charge in [-0.25, -0.2) is 19.2 Å². The molecule has 0 aliphatic heterocycles. The number of nitrogens with two attached hydrogens (primary N) is 1. The summed E-state index contributed by atoms with van der Waals surface area (Å²) in [5.41, 5.74) is 8.01. The van der Waals surface area contributed by atoms with Gasteiger partial charge < -0.3 is 39.5 Å². The lowest BCUT2D eigenvalue weighted by molar-refractivity contribution is -0.140. The van der Waals surface area contributed by atoms with Gasteiger partial charge in [-0.3, -0.25) is 4.79 Å². The number of rotatable bonds is 18. The van der Waals surface area contributed by atoms with Crippen LogP contribution in [0.1, 0.15) is 64.3 Å². The maximum Gasteiger partial charge on any atom is 0.339 e. The minimum Gasteiger partial charge on any atom is -0.459 e. The van der Waals surface area contributed by atoms with Crippen molar-refractivity contribution in [2.24, 2.45) is 5.92 Å². The second kappa shape index (κ2) is 20.0. The number of nitrogen functional groups attached to an aromatic ring is 1. The molecule has 0 fully saturated rings. The number of nitrogens with one attached hydrogen (secondary N) is 1. The molecule has 0 aromatic heterocycles. The van der Waals surface area contributed by atoms with E-state index in [4.69, 9.17) is 34.2 Å². The zero-order valence-electron chi connectivity index (χ0n) is 31.7. The van der Waals surface area contributed by atoms with Gasteiger partial charge in [0.05, 0.1) is 16.7 Å². The van der Waals surface area contributed by atoms with E-state index in [0.717, 1.165) is 0 Å². The Morgan fingerprint density at radius 1 is 0.589 bits per heavy atom. The minimum absolute atomic E-state index is 0.0661. The van der Waals surface area contributed by atoms with E-state index >= 15 is 0 Å². The number of benzene rings is 4. The van der Waals surface area contributed by atoms with E-state index in [1.165, 1.54) is 32.0 Å². The predicted octanol–water partition coefficient (Wildman–Crippen LogP) is 7.86. The van der Waals surface area contributed by atoms with E-state index in [2.05, 4.69) is 18.5 Å². The maximum atomic E-state index is 13.7. The first-order valence-corrected chi connectivity index (χ1v) is 17.6. The summed E-state index contributed by atoms with van der Waals surface area (Å²) in [5.74, 6) is -1.47. The Labute approximate surface area is 325 Å². The van der Waals surface area contributed by atoms with Crippen molar-refractivity contribution in [3.05, 3.63) is 131 Å². The second-order valence-electron chi connectivity index (χ2n) is 13.0. The lowest BCUT2D eigenvalue weighted by atomic mass is 9.97. The van der Waals surface area contributed by atoms with Crippen LogP contribution in [0.15, 0.2) is 109 Å². The van der Waals surface area contributed by atoms with E-state index in [-0.39, 0.29) is 60.4 Å². The average Bonchev–Trinajstić information content (AvgIpc) is 3.16. The van der Waals surface area contributed by atoms with Gasteiger partial charge in [-0.2, -0.15) is 0 Å². The van der Waals surface area contributed by atoms with Crippen molar-refractivity contribution < 1.29 is 52.4 Å². The summed E-state index contributed by atoms with van der Waals surface area (Å²) in [6, 6.07) is 22.6. The number of esters is 4. The highest BCUT2D eigenvalue weighted by atomic mass is 16.6. The molecular formula is C43H44N2O11. The molecule has 4 rings (SSSR count). The topological polar surface area (TPSA) is 179 Å². The molecule has 0 aliphatic rings. The number of anilines is 2. The SMILES string of the molecule is C=C(C)C(=O)OCCOC(=O)c1ccc(Oc2ccc(C(=O)OCCOC(=O)C(=C)C)c(C(=O)Nc3ccc(Oc4ccc(N)cc4)cc3)c2)cc1CC(C)C. The highest BCUT2D eigenvalue weighted by molar-refractivity contribution is 6.11. The highest BCUT2D eigenvalue weighted by Gasteiger charge is 2.22. The lowest BCUT2D eigenvalue weighted by Crippen LogP contribution is -2.19. The summed E-state index contributed by atoms with van der Waals surface area (Å²) in [6.45, 7) is 13.3. The Balaban J connectivity index is 1.54. The second-order valence-corrected chi connectivity index (χ2v) is 13.0. The first kappa shape index (κ1) is 41.9. The Kier molecular flexibility index (Phi) is 14.9. The molecule has 0 spiro atoms. The first-order chi connectivity index (χ1) is 26.7. The van der Waals surface area contributed by atoms with Crippen LogP contribution in [0.4, 0.5) is 11.4 Å². The molecule has 3 N–H and O–H groups in total. The number of ether oxygens (including phenoxy) is 6. The lowest BCUT2D eigenvalue weighted by Gasteiger charge is -2.15. The Morgan fingerprint density at radius 2 is 1.04 bits per heavy atom. The molecule has 4 aromatic rings. The molecule has 0 saturated carbocycles. The third-order valence-electron chi connectivity index (χ3n) is 7.64. The minimum atomic E-state index is -0.836. The largest absolute Gasteiger partial charge is 0.459 e. The van der Waals surface area contributed by atoms with Gasteiger partial charge in [-0.1, -0.05) is 27.0 Å². The molecule has 0 aliphatic carbocycles. The molecule has 292 valence electrons. The first-order valence-electron chi connectivity index (χ1n) is 17.6. The van der Waals surface area contributed by atoms with Gasteiger partial charge in [0.1, 0.15) is 49.4 Å². The molecule has 1 amide bonds. The zero-order chi connectivity index (χ0) is 40.8. The summed E-state index contributed by atoms with van der Waals surface area (Å²) in [7, 11) is 0. The van der Waals surface area contributed by atoms with Crippen molar-refractivity contribution >= 4 is 41.2 Å². The van der Waals surface area contributed by atoms with Gasteiger partial charge in [0, 0.05) is 22.5 Å². The molecule has 13 nitrogen and oxygen atoms in total. The van der Waals surface area contributed by atoms with Gasteiger partial charge in [-0.05, 0) is 117 Å². The van der Waals surface area contributed by atoms with Gasteiger partial charge in [0.2, 0.25) is 0 Å². The molecule has 0 radical (unpaired) electrons. The summed E-state index contributed by atoms with van der Waals surface area (Å²) in [6.07, 6.45) is 0.510. The third-order valence-corrected chi connectivity index (χ3v) is 7.64. The summed E-state index contributed by atoms with van der Waals surface area (Å²) >= 11 is 0. The van der Waals surface area contributed by atoms with Crippen LogP contribution in [0.2, 0.25) is 0 Å². The molecular weight excluding hydrogens is 720 g/mol. The van der Waals surface area contributed by atoms with Crippen LogP contribution in [0.5, 0.6) is 23.0 Å². The third kappa shape index (κ3) is 12.6. The van der Waals surface area contributed by atoms with Crippen LogP contribution in [0.25, 0.3) is 0 Å². The summed E-state index contributed by atoms with van der Waals surface area (Å²) in [5, 5.41) is 2.78. The molecule has 56 heavy (non-hydrogen) atoms. The average molecular weight is 765 g/mol. The fourth-order valence-corrected chi connectivity index (χ4v) is 4.95. The maximum absolute atomic E-state index is 13.7. The number of carbonyl (C=O) groups excluding carboxylic acids is 5. The quantitative estimate of drug-likeness (QED) is 0.0330. The molecule has 0 heterocycles. The van der Waals surface area contributed by atoms with E-state index in [9.17, 15) is 24.0 Å². The molecule has 0 atom stereocenters. The number of carbonyl (C=O) groups is 5. The van der Waals surface area contributed by atoms with Crippen LogP contribution < -0.4 is 20.5 Å². The van der Waals surface area contributed by atoms with Crippen molar-refractivity contribution in [2.45, 2.75) is 34.1 Å². The number of hydrogen-bond donors (Lipinski definition) is 2. The fraction of sp³-hybridized carbons (Fsp3) is 0.233. The zero-order valence-corrected chi connectivity index (χ0v) is 31.7. The Morgan fingerprint density at radius 3 is 1.57 bits per heavy atom. The van der Waals surface area contributed by atoms with E-state index in [0.29, 0.717) is 46.2 Å². The molecule has 4 aromatic carbocycles. The van der Waals surface area contributed by atoms with Gasteiger partial charge in [0.25, 0.3) is 5.91 Å². The van der Waals surface area contributed by atoms with Crippen LogP contribution in [0.3, 0.4) is 0 Å².